The van der Waals surface area contributed by atoms with Gasteiger partial charge in [0.1, 0.15) is 11.4 Å². The van der Waals surface area contributed by atoms with Gasteiger partial charge in [0, 0.05) is 60.8 Å². The molecule has 5 aromatic heterocycles. The van der Waals surface area contributed by atoms with E-state index in [-0.39, 0.29) is 0 Å². The quantitative estimate of drug-likeness (QED) is 0.194. The minimum Gasteiger partial charge on any atom is -0.452 e. The molecule has 0 unspecified atom stereocenters. The minimum atomic E-state index is -4.51. The third-order valence-corrected chi connectivity index (χ3v) is 11.6. The van der Waals surface area contributed by atoms with Crippen LogP contribution in [0.15, 0.2) is 162 Å². The van der Waals surface area contributed by atoms with Crippen LogP contribution in [0.4, 0.5) is 13.2 Å². The third-order valence-electron chi connectivity index (χ3n) is 11.6. The minimum absolute atomic E-state index is 0.466. The Morgan fingerprint density at radius 1 is 0.593 bits per heavy atom. The fourth-order valence-electron chi connectivity index (χ4n) is 9.01. The number of aromatic nitrogens is 5. The van der Waals surface area contributed by atoms with Crippen molar-refractivity contribution in [2.75, 3.05) is 0 Å². The number of imidazole rings is 1. The molecule has 0 aliphatic heterocycles. The number of aryl methyl sites for hydroxylation is 1. The molecule has 1 N–H and O–H groups in total. The van der Waals surface area contributed by atoms with Crippen molar-refractivity contribution in [2.45, 2.75) is 13.1 Å². The first kappa shape index (κ1) is 33.5. The Hall–Kier alpha value is -7.65. The second-order valence-corrected chi connectivity index (χ2v) is 15.1. The van der Waals surface area contributed by atoms with Crippen LogP contribution in [0, 0.1) is 6.92 Å². The number of nitrogens with zero attached hydrogens (tertiary/aromatic N) is 4. The summed E-state index contributed by atoms with van der Waals surface area (Å²) in [5.74, 6) is 1.28. The number of nitrogens with one attached hydrogen (secondary N) is 1. The molecule has 0 aliphatic rings. The van der Waals surface area contributed by atoms with Gasteiger partial charge < -0.3 is 9.40 Å². The SMILES string of the molecule is Cc1cc(-c2ccc3c4cc(C(F)(F)F)ccc4n(-c4nccc5c4oc4ccccc45)c3c2)c2nc(-c3cccc4c3[nH]c3ccccc34)n(-c3ccccc3)c2c1. The van der Waals surface area contributed by atoms with Gasteiger partial charge in [-0.25, -0.2) is 9.97 Å². The third kappa shape index (κ3) is 4.94. The monoisotopic (exact) mass is 773 g/mol. The molecule has 0 spiro atoms. The largest absolute Gasteiger partial charge is 0.452 e. The Balaban J connectivity index is 1.15. The van der Waals surface area contributed by atoms with Crippen molar-refractivity contribution in [1.82, 2.24) is 24.1 Å². The summed E-state index contributed by atoms with van der Waals surface area (Å²) in [6.45, 7) is 2.07. The van der Waals surface area contributed by atoms with Crippen LogP contribution in [0.3, 0.4) is 0 Å². The van der Waals surface area contributed by atoms with Gasteiger partial charge in [0.25, 0.3) is 0 Å². The smallest absolute Gasteiger partial charge is 0.416 e. The summed E-state index contributed by atoms with van der Waals surface area (Å²) in [4.78, 5) is 14.0. The van der Waals surface area contributed by atoms with Crippen molar-refractivity contribution >= 4 is 76.6 Å². The van der Waals surface area contributed by atoms with Crippen molar-refractivity contribution in [3.05, 3.63) is 169 Å². The zero-order valence-corrected chi connectivity index (χ0v) is 31.3. The molecule has 6 nitrogen and oxygen atoms in total. The Kier molecular flexibility index (Phi) is 6.91. The van der Waals surface area contributed by atoms with Crippen LogP contribution in [0.25, 0.3) is 111 Å². The standard InChI is InChI=1S/C50H30F3N5O/c1-28-24-38(46-43(25-28)57(31-10-3-2-4-11-31)48(56-46)37-15-9-14-35-32-12-5-7-16-40(32)55-45(35)37)29-18-20-33-39-27-30(50(51,52)53)19-21-41(39)58(42(33)26-29)49-47-36(22-23-54-49)34-13-6-8-17-44(34)59-47/h2-27,55H,1H3. The van der Waals surface area contributed by atoms with Crippen LogP contribution in [0.2, 0.25) is 0 Å². The van der Waals surface area contributed by atoms with E-state index in [0.29, 0.717) is 38.8 Å². The molecule has 0 aliphatic carbocycles. The highest BCUT2D eigenvalue weighted by molar-refractivity contribution is 6.14. The molecule has 12 rings (SSSR count). The lowest BCUT2D eigenvalue weighted by Gasteiger charge is -2.12. The number of pyridine rings is 1. The van der Waals surface area contributed by atoms with Gasteiger partial charge in [-0.05, 0) is 90.8 Å². The summed E-state index contributed by atoms with van der Waals surface area (Å²) < 4.78 is 53.2. The van der Waals surface area contributed by atoms with Crippen LogP contribution in [0.5, 0.6) is 0 Å². The maximum atomic E-state index is 14.2. The average Bonchev–Trinajstić information content (AvgIpc) is 4.02. The number of hydrogen-bond donors (Lipinski definition) is 1. The van der Waals surface area contributed by atoms with Crippen LogP contribution in [-0.4, -0.2) is 24.1 Å². The number of benzene rings is 7. The number of halogens is 3. The van der Waals surface area contributed by atoms with Crippen LogP contribution >= 0.6 is 0 Å². The van der Waals surface area contributed by atoms with Crippen molar-refractivity contribution in [1.29, 1.82) is 0 Å². The Morgan fingerprint density at radius 3 is 2.25 bits per heavy atom. The molecular formula is C50H30F3N5O. The molecule has 0 saturated heterocycles. The van der Waals surface area contributed by atoms with Gasteiger partial charge in [0.2, 0.25) is 0 Å². The topological polar surface area (TPSA) is 64.6 Å². The molecule has 59 heavy (non-hydrogen) atoms. The normalized spacial score (nSPS) is 12.4. The van der Waals surface area contributed by atoms with Gasteiger partial charge in [0.05, 0.1) is 33.1 Å². The highest BCUT2D eigenvalue weighted by Gasteiger charge is 2.32. The Morgan fingerprint density at radius 2 is 1.39 bits per heavy atom. The van der Waals surface area contributed by atoms with Crippen LogP contribution in [0.1, 0.15) is 11.1 Å². The fourth-order valence-corrected chi connectivity index (χ4v) is 9.01. The molecule has 0 atom stereocenters. The lowest BCUT2D eigenvalue weighted by atomic mass is 9.99. The van der Waals surface area contributed by atoms with E-state index in [9.17, 15) is 13.2 Å². The first-order chi connectivity index (χ1) is 28.8. The summed E-state index contributed by atoms with van der Waals surface area (Å²) in [6, 6.07) is 48.6. The predicted octanol–water partition coefficient (Wildman–Crippen LogP) is 13.7. The molecule has 9 heteroatoms. The molecule has 0 saturated carbocycles. The number of fused-ring (bicyclic) bond motifs is 10. The van der Waals surface area contributed by atoms with Crippen molar-refractivity contribution in [3.63, 3.8) is 0 Å². The summed E-state index contributed by atoms with van der Waals surface area (Å²) in [7, 11) is 0. The number of aromatic amines is 1. The molecule has 0 amide bonds. The zero-order valence-electron chi connectivity index (χ0n) is 31.3. The molecule has 282 valence electrons. The van der Waals surface area contributed by atoms with Crippen LogP contribution in [-0.2, 0) is 6.18 Å². The lowest BCUT2D eigenvalue weighted by molar-refractivity contribution is -0.137. The van der Waals surface area contributed by atoms with E-state index in [0.717, 1.165) is 83.4 Å². The molecule has 5 heterocycles. The highest BCUT2D eigenvalue weighted by atomic mass is 19.4. The second kappa shape index (κ2) is 12.2. The van der Waals surface area contributed by atoms with Gasteiger partial charge in [-0.1, -0.05) is 78.9 Å². The number of alkyl halides is 3. The zero-order chi connectivity index (χ0) is 39.6. The number of H-pyrrole nitrogens is 1. The first-order valence-electron chi connectivity index (χ1n) is 19.3. The van der Waals surface area contributed by atoms with Crippen LogP contribution < -0.4 is 0 Å². The van der Waals surface area contributed by atoms with Gasteiger partial charge >= 0.3 is 6.18 Å². The number of rotatable bonds is 4. The summed E-state index contributed by atoms with van der Waals surface area (Å²) in [5.41, 5.74) is 10.3. The summed E-state index contributed by atoms with van der Waals surface area (Å²) >= 11 is 0. The molecule has 0 bridgehead atoms. The molecule has 0 radical (unpaired) electrons. The summed E-state index contributed by atoms with van der Waals surface area (Å²) in [6.07, 6.45) is -2.79. The van der Waals surface area contributed by atoms with E-state index < -0.39 is 11.7 Å². The van der Waals surface area contributed by atoms with Crippen molar-refractivity contribution in [3.8, 4) is 34.0 Å². The molecule has 0 fully saturated rings. The van der Waals surface area contributed by atoms with E-state index in [2.05, 4.69) is 77.1 Å². The van der Waals surface area contributed by atoms with Crippen molar-refractivity contribution in [2.24, 2.45) is 0 Å². The molecule has 7 aromatic carbocycles. The van der Waals surface area contributed by atoms with E-state index in [1.807, 2.05) is 77.4 Å². The van der Waals surface area contributed by atoms with E-state index >= 15 is 0 Å². The van der Waals surface area contributed by atoms with E-state index in [4.69, 9.17) is 14.4 Å². The maximum Gasteiger partial charge on any atom is 0.416 e. The first-order valence-corrected chi connectivity index (χ1v) is 19.3. The number of hydrogen-bond acceptors (Lipinski definition) is 3. The van der Waals surface area contributed by atoms with Crippen molar-refractivity contribution < 1.29 is 17.6 Å². The van der Waals surface area contributed by atoms with E-state index in [1.165, 1.54) is 12.1 Å². The predicted molar refractivity (Wildman–Crippen MR) is 230 cm³/mol. The fraction of sp³-hybridized carbons (Fsp3) is 0.0400. The van der Waals surface area contributed by atoms with Gasteiger partial charge in [-0.15, -0.1) is 0 Å². The Labute approximate surface area is 333 Å². The highest BCUT2D eigenvalue weighted by Crippen LogP contribution is 2.43. The van der Waals surface area contributed by atoms with E-state index in [1.54, 1.807) is 6.20 Å². The number of furan rings is 1. The number of para-hydroxylation sites is 4. The van der Waals surface area contributed by atoms with Gasteiger partial charge in [0.15, 0.2) is 11.4 Å². The summed E-state index contributed by atoms with van der Waals surface area (Å²) in [5, 5.41) is 5.18. The second-order valence-electron chi connectivity index (χ2n) is 15.1. The average molecular weight is 774 g/mol. The Bertz CT molecular complexity index is 3680. The molecule has 12 aromatic rings. The van der Waals surface area contributed by atoms with Gasteiger partial charge in [-0.2, -0.15) is 13.2 Å². The molecular weight excluding hydrogens is 744 g/mol. The maximum absolute atomic E-state index is 14.2. The van der Waals surface area contributed by atoms with Gasteiger partial charge in [-0.3, -0.25) is 9.13 Å². The lowest BCUT2D eigenvalue weighted by Crippen LogP contribution is -2.04.